The number of aromatic nitrogens is 3. The van der Waals surface area contributed by atoms with Crippen molar-refractivity contribution < 1.29 is 19.4 Å². The number of benzene rings is 1. The first-order valence-electron chi connectivity index (χ1n) is 13.0. The second-order valence-electron chi connectivity index (χ2n) is 10.3. The van der Waals surface area contributed by atoms with Crippen LogP contribution < -0.4 is 10.9 Å². The predicted molar refractivity (Wildman–Crippen MR) is 142 cm³/mol. The Labute approximate surface area is 217 Å². The Kier molecular flexibility index (Phi) is 8.46. The van der Waals surface area contributed by atoms with Crippen LogP contribution in [-0.4, -0.2) is 56.7 Å². The molecule has 1 aliphatic heterocycles. The van der Waals surface area contributed by atoms with Crippen molar-refractivity contribution in [2.45, 2.75) is 71.9 Å². The van der Waals surface area contributed by atoms with Gasteiger partial charge in [-0.2, -0.15) is 0 Å². The maximum absolute atomic E-state index is 12.4. The van der Waals surface area contributed by atoms with Gasteiger partial charge in [0.1, 0.15) is 11.9 Å². The van der Waals surface area contributed by atoms with E-state index in [1.54, 1.807) is 32.4 Å². The van der Waals surface area contributed by atoms with Crippen LogP contribution in [0.2, 0.25) is 0 Å². The van der Waals surface area contributed by atoms with Crippen LogP contribution in [-0.2, 0) is 34.4 Å². The van der Waals surface area contributed by atoms with Crippen LogP contribution in [0.25, 0.3) is 22.4 Å². The van der Waals surface area contributed by atoms with Crippen LogP contribution in [0.4, 0.5) is 0 Å². The van der Waals surface area contributed by atoms with E-state index < -0.39 is 18.1 Å². The molecule has 1 saturated heterocycles. The molecule has 9 heteroatoms. The number of nitrogens with one attached hydrogen (secondary N) is 1. The molecule has 1 fully saturated rings. The third-order valence-electron chi connectivity index (χ3n) is 6.83. The van der Waals surface area contributed by atoms with E-state index in [1.807, 2.05) is 31.3 Å². The summed E-state index contributed by atoms with van der Waals surface area (Å²) in [6.07, 6.45) is 2.69. The zero-order valence-corrected chi connectivity index (χ0v) is 22.4. The van der Waals surface area contributed by atoms with Gasteiger partial charge in [0.15, 0.2) is 0 Å². The summed E-state index contributed by atoms with van der Waals surface area (Å²) >= 11 is 0. The maximum atomic E-state index is 12.4. The summed E-state index contributed by atoms with van der Waals surface area (Å²) in [7, 11) is 1.76. The number of nitrogens with zero attached hydrogens (tertiary/aromatic N) is 3. The average molecular weight is 511 g/mol. The number of aliphatic hydroxyl groups excluding tert-OH is 1. The van der Waals surface area contributed by atoms with Gasteiger partial charge in [-0.25, -0.2) is 4.98 Å². The zero-order valence-electron chi connectivity index (χ0n) is 22.4. The quantitative estimate of drug-likeness (QED) is 0.426. The Morgan fingerprint density at radius 3 is 2.62 bits per heavy atom. The van der Waals surface area contributed by atoms with Gasteiger partial charge < -0.3 is 23.7 Å². The predicted octanol–water partition coefficient (Wildman–Crippen LogP) is 2.93. The Hall–Kier alpha value is -3.01. The van der Waals surface area contributed by atoms with E-state index in [0.29, 0.717) is 18.0 Å². The number of fused-ring (bicyclic) bond motifs is 1. The number of pyridine rings is 1. The molecule has 2 aromatic heterocycles. The standard InChI is InChI=1S/C28H38N4O5/c1-17(2)37-28(35)25(19(4)33)29-14-21-6-7-24-23(13-21)30-26(22-12-18(3)27(34)31(5)16-22)32(24)15-20-8-10-36-11-9-20/h6-7,12-13,16-17,19-20,25,29,33H,8-11,14-15H2,1-5H3/t19?,25-/m0/s1. The third-order valence-corrected chi connectivity index (χ3v) is 6.83. The van der Waals surface area contributed by atoms with E-state index in [2.05, 4.69) is 16.0 Å². The average Bonchev–Trinajstić information content (AvgIpc) is 3.19. The fourth-order valence-corrected chi connectivity index (χ4v) is 4.86. The lowest BCUT2D eigenvalue weighted by Gasteiger charge is -2.23. The summed E-state index contributed by atoms with van der Waals surface area (Å²) in [5.74, 6) is 0.838. The molecule has 4 rings (SSSR count). The summed E-state index contributed by atoms with van der Waals surface area (Å²) in [4.78, 5) is 29.7. The van der Waals surface area contributed by atoms with Gasteiger partial charge in [0.2, 0.25) is 0 Å². The molecule has 0 spiro atoms. The van der Waals surface area contributed by atoms with E-state index in [9.17, 15) is 14.7 Å². The van der Waals surface area contributed by atoms with Crippen LogP contribution in [0, 0.1) is 12.8 Å². The molecule has 1 aromatic carbocycles. The lowest BCUT2D eigenvalue weighted by Crippen LogP contribution is -2.46. The molecule has 0 bridgehead atoms. The Bertz CT molecular complexity index is 1280. The van der Waals surface area contributed by atoms with Crippen molar-refractivity contribution in [3.63, 3.8) is 0 Å². The molecular formula is C28H38N4O5. The van der Waals surface area contributed by atoms with E-state index in [1.165, 1.54) is 0 Å². The normalized spacial score (nSPS) is 16.3. The van der Waals surface area contributed by atoms with Gasteiger partial charge in [-0.3, -0.25) is 14.9 Å². The molecule has 1 unspecified atom stereocenters. The molecule has 2 atom stereocenters. The van der Waals surface area contributed by atoms with Crippen molar-refractivity contribution in [1.82, 2.24) is 19.4 Å². The van der Waals surface area contributed by atoms with Crippen LogP contribution in [0.15, 0.2) is 35.3 Å². The molecule has 0 aliphatic carbocycles. The highest BCUT2D eigenvalue weighted by atomic mass is 16.5. The number of aliphatic hydroxyl groups is 1. The fourth-order valence-electron chi connectivity index (χ4n) is 4.86. The molecule has 200 valence electrons. The van der Waals surface area contributed by atoms with Crippen LogP contribution in [0.1, 0.15) is 44.7 Å². The summed E-state index contributed by atoms with van der Waals surface area (Å²) in [5.41, 5.74) is 4.34. The first kappa shape index (κ1) is 27.0. The van der Waals surface area contributed by atoms with E-state index in [0.717, 1.165) is 60.6 Å². The van der Waals surface area contributed by atoms with E-state index in [-0.39, 0.29) is 11.7 Å². The van der Waals surface area contributed by atoms with E-state index >= 15 is 0 Å². The topological polar surface area (TPSA) is 108 Å². The summed E-state index contributed by atoms with van der Waals surface area (Å²) in [5, 5.41) is 13.3. The Morgan fingerprint density at radius 2 is 1.97 bits per heavy atom. The Morgan fingerprint density at radius 1 is 1.24 bits per heavy atom. The lowest BCUT2D eigenvalue weighted by atomic mass is 10.00. The number of aryl methyl sites for hydroxylation is 2. The minimum absolute atomic E-state index is 0.0205. The lowest BCUT2D eigenvalue weighted by molar-refractivity contribution is -0.152. The van der Waals surface area contributed by atoms with E-state index in [4.69, 9.17) is 14.5 Å². The number of rotatable bonds is 9. The molecule has 1 aliphatic rings. The first-order valence-corrected chi connectivity index (χ1v) is 13.0. The summed E-state index contributed by atoms with van der Waals surface area (Å²) < 4.78 is 14.7. The van der Waals surface area contributed by atoms with Gasteiger partial charge in [0, 0.05) is 50.7 Å². The molecule has 3 aromatic rings. The van der Waals surface area contributed by atoms with Gasteiger partial charge in [-0.15, -0.1) is 0 Å². The number of esters is 1. The first-order chi connectivity index (χ1) is 17.6. The second kappa shape index (κ2) is 11.6. The van der Waals surface area contributed by atoms with Crippen LogP contribution >= 0.6 is 0 Å². The van der Waals surface area contributed by atoms with Crippen LogP contribution in [0.5, 0.6) is 0 Å². The van der Waals surface area contributed by atoms with Crippen molar-refractivity contribution in [2.75, 3.05) is 13.2 Å². The number of carbonyl (C=O) groups excluding carboxylic acids is 1. The molecule has 0 amide bonds. The van der Waals surface area contributed by atoms with Gasteiger partial charge in [-0.05, 0) is 70.2 Å². The van der Waals surface area contributed by atoms with Crippen molar-refractivity contribution >= 4 is 17.0 Å². The van der Waals surface area contributed by atoms with Crippen molar-refractivity contribution in [3.8, 4) is 11.4 Å². The molecular weight excluding hydrogens is 472 g/mol. The number of ether oxygens (including phenoxy) is 2. The maximum Gasteiger partial charge on any atom is 0.326 e. The summed E-state index contributed by atoms with van der Waals surface area (Å²) in [6, 6.07) is 7.16. The monoisotopic (exact) mass is 510 g/mol. The van der Waals surface area contributed by atoms with Gasteiger partial charge in [-0.1, -0.05) is 6.07 Å². The minimum atomic E-state index is -0.895. The summed E-state index contributed by atoms with van der Waals surface area (Å²) in [6.45, 7) is 9.69. The highest BCUT2D eigenvalue weighted by Crippen LogP contribution is 2.29. The van der Waals surface area contributed by atoms with Crippen molar-refractivity contribution in [2.24, 2.45) is 13.0 Å². The SMILES string of the molecule is Cc1cc(-c2nc3cc(CN[C@H](C(=O)OC(C)C)C(C)O)ccc3n2CC2CCOCC2)cn(C)c1=O. The number of carbonyl (C=O) groups is 1. The fraction of sp³-hybridized carbons (Fsp3) is 0.536. The molecule has 0 saturated carbocycles. The molecule has 3 heterocycles. The zero-order chi connectivity index (χ0) is 26.7. The molecule has 9 nitrogen and oxygen atoms in total. The Balaban J connectivity index is 1.67. The largest absolute Gasteiger partial charge is 0.462 e. The van der Waals surface area contributed by atoms with Gasteiger partial charge in [0.25, 0.3) is 5.56 Å². The van der Waals surface area contributed by atoms with Crippen molar-refractivity contribution in [3.05, 3.63) is 51.9 Å². The molecule has 37 heavy (non-hydrogen) atoms. The number of imidazole rings is 1. The molecule has 0 radical (unpaired) electrons. The van der Waals surface area contributed by atoms with Crippen molar-refractivity contribution in [1.29, 1.82) is 0 Å². The highest BCUT2D eigenvalue weighted by molar-refractivity contribution is 5.81. The van der Waals surface area contributed by atoms with Crippen LogP contribution in [0.3, 0.4) is 0 Å². The highest BCUT2D eigenvalue weighted by Gasteiger charge is 2.26. The smallest absolute Gasteiger partial charge is 0.326 e. The third kappa shape index (κ3) is 6.29. The molecule has 2 N–H and O–H groups in total. The number of hydrogen-bond donors (Lipinski definition) is 2. The second-order valence-corrected chi connectivity index (χ2v) is 10.3. The minimum Gasteiger partial charge on any atom is -0.462 e. The van der Waals surface area contributed by atoms with Gasteiger partial charge in [0.05, 0.1) is 23.2 Å². The van der Waals surface area contributed by atoms with Gasteiger partial charge >= 0.3 is 5.97 Å². The number of hydrogen-bond acceptors (Lipinski definition) is 7.